The van der Waals surface area contributed by atoms with E-state index in [1.54, 1.807) is 6.08 Å². The van der Waals surface area contributed by atoms with E-state index >= 15 is 0 Å². The van der Waals surface area contributed by atoms with E-state index in [1.807, 2.05) is 27.2 Å². The van der Waals surface area contributed by atoms with Crippen LogP contribution in [0.2, 0.25) is 0 Å². The lowest BCUT2D eigenvalue weighted by molar-refractivity contribution is -0.870. The number of hydrogen-bond acceptors (Lipinski definition) is 5. The zero-order valence-corrected chi connectivity index (χ0v) is 47.5. The highest BCUT2D eigenvalue weighted by atomic mass is 31.2. The van der Waals surface area contributed by atoms with Crippen LogP contribution in [0.5, 0.6) is 0 Å². The van der Waals surface area contributed by atoms with Gasteiger partial charge in [0.25, 0.3) is 0 Å². The Morgan fingerprint density at radius 3 is 1.16 bits per heavy atom. The fourth-order valence-corrected chi connectivity index (χ4v) is 9.64. The molecule has 0 aromatic rings. The molecule has 0 saturated carbocycles. The monoisotopic (exact) mass is 994 g/mol. The molecule has 0 fully saturated rings. The minimum absolute atomic E-state index is 0.0551. The summed E-state index contributed by atoms with van der Waals surface area (Å²) in [6.45, 7) is 4.81. The number of rotatable bonds is 55. The molecule has 0 heterocycles. The van der Waals surface area contributed by atoms with Gasteiger partial charge in [0.2, 0.25) is 5.91 Å². The number of hydrogen-bond donors (Lipinski definition) is 3. The van der Waals surface area contributed by atoms with Gasteiger partial charge >= 0.3 is 7.82 Å². The first kappa shape index (κ1) is 67.7. The minimum Gasteiger partial charge on any atom is -0.387 e. The fraction of sp³-hybridized carbons (Fsp3) is 0.883. The minimum atomic E-state index is -4.36. The number of aliphatic hydroxyl groups excluding tert-OH is 1. The molecule has 3 unspecified atom stereocenters. The first-order chi connectivity index (χ1) is 33.5. The summed E-state index contributed by atoms with van der Waals surface area (Å²) in [5.41, 5.74) is 0. The van der Waals surface area contributed by atoms with Gasteiger partial charge in [0.05, 0.1) is 39.9 Å². The van der Waals surface area contributed by atoms with Gasteiger partial charge in [-0.3, -0.25) is 13.8 Å². The number of allylic oxidation sites excluding steroid dienone is 5. The van der Waals surface area contributed by atoms with E-state index in [-0.39, 0.29) is 19.1 Å². The lowest BCUT2D eigenvalue weighted by atomic mass is 10.0. The number of nitrogens with one attached hydrogen (secondary N) is 1. The molecule has 408 valence electrons. The summed E-state index contributed by atoms with van der Waals surface area (Å²) in [6, 6.07) is -0.867. The number of aliphatic hydroxyl groups is 1. The zero-order valence-electron chi connectivity index (χ0n) is 46.6. The molecule has 3 atom stereocenters. The number of quaternary nitrogens is 1. The number of likely N-dealkylation sites (N-methyl/N-ethyl adjacent to an activating group) is 1. The van der Waals surface area contributed by atoms with Gasteiger partial charge in [-0.15, -0.1) is 0 Å². The van der Waals surface area contributed by atoms with Crippen molar-refractivity contribution in [3.63, 3.8) is 0 Å². The SMILES string of the molecule is CCCCCCCCC/C=C/CC/C=C/CC/C=C/C(O)C(COP(=O)(O)OCC[N+](C)(C)C)NC(=O)CCCCCCCCCCCCCCCCCCCCCCCCCCCCCCCC. The summed E-state index contributed by atoms with van der Waals surface area (Å²) >= 11 is 0. The maximum absolute atomic E-state index is 13.0. The molecule has 9 heteroatoms. The van der Waals surface area contributed by atoms with Crippen molar-refractivity contribution < 1.29 is 32.9 Å². The van der Waals surface area contributed by atoms with E-state index in [0.717, 1.165) is 44.9 Å². The second-order valence-corrected chi connectivity index (χ2v) is 23.2. The van der Waals surface area contributed by atoms with Crippen LogP contribution in [0.15, 0.2) is 36.5 Å². The molecule has 1 amide bonds. The number of carbonyl (C=O) groups excluding carboxylic acids is 1. The standard InChI is InChI=1S/C60H117N2O6P/c1-6-8-10-12-14-16-18-20-22-24-25-26-27-28-29-30-31-32-33-34-35-36-38-40-42-44-46-48-50-52-54-60(64)61-58(57-68-69(65,66)67-56-55-62(3,4)5)59(63)53-51-49-47-45-43-41-39-37-23-21-19-17-15-13-11-9-7-2/h23,37,43,45,51,53,58-59,63H,6-22,24-36,38-42,44,46-50,52,54-57H2,1-5H3,(H-,61,64,65,66)/p+1/b37-23+,45-43+,53-51+. The van der Waals surface area contributed by atoms with Crippen LogP contribution in [0, 0.1) is 0 Å². The molecular formula is C60H118N2O6P+. The van der Waals surface area contributed by atoms with E-state index in [2.05, 4.69) is 43.5 Å². The Kier molecular flexibility index (Phi) is 50.7. The highest BCUT2D eigenvalue weighted by Gasteiger charge is 2.27. The van der Waals surface area contributed by atoms with Gasteiger partial charge in [0, 0.05) is 6.42 Å². The van der Waals surface area contributed by atoms with Crippen LogP contribution < -0.4 is 5.32 Å². The smallest absolute Gasteiger partial charge is 0.387 e. The Hall–Kier alpha value is -1.28. The maximum Gasteiger partial charge on any atom is 0.472 e. The number of unbranched alkanes of at least 4 members (excludes halogenated alkanes) is 38. The number of phosphoric ester groups is 1. The zero-order chi connectivity index (χ0) is 50.6. The third-order valence-corrected chi connectivity index (χ3v) is 14.6. The van der Waals surface area contributed by atoms with Crippen LogP contribution in [0.4, 0.5) is 0 Å². The molecule has 0 aliphatic heterocycles. The fourth-order valence-electron chi connectivity index (χ4n) is 8.90. The van der Waals surface area contributed by atoms with Gasteiger partial charge in [-0.2, -0.15) is 0 Å². The lowest BCUT2D eigenvalue weighted by Gasteiger charge is -2.25. The van der Waals surface area contributed by atoms with E-state index in [1.165, 1.54) is 225 Å². The Labute approximate surface area is 429 Å². The summed E-state index contributed by atoms with van der Waals surface area (Å²) in [6.07, 6.45) is 67.0. The second kappa shape index (κ2) is 51.6. The van der Waals surface area contributed by atoms with Gasteiger partial charge in [-0.05, 0) is 44.9 Å². The van der Waals surface area contributed by atoms with E-state index in [9.17, 15) is 19.4 Å². The van der Waals surface area contributed by atoms with E-state index in [4.69, 9.17) is 9.05 Å². The predicted molar refractivity (Wildman–Crippen MR) is 300 cm³/mol. The van der Waals surface area contributed by atoms with Crippen LogP contribution in [0.25, 0.3) is 0 Å². The Balaban J connectivity index is 4.11. The van der Waals surface area contributed by atoms with Crippen molar-refractivity contribution in [1.29, 1.82) is 0 Å². The van der Waals surface area contributed by atoms with Crippen LogP contribution in [-0.4, -0.2) is 73.4 Å². The molecule has 0 aliphatic carbocycles. The molecule has 8 nitrogen and oxygen atoms in total. The van der Waals surface area contributed by atoms with Crippen LogP contribution in [0.3, 0.4) is 0 Å². The van der Waals surface area contributed by atoms with Gasteiger partial charge in [0.1, 0.15) is 13.2 Å². The van der Waals surface area contributed by atoms with Crippen molar-refractivity contribution in [2.24, 2.45) is 0 Å². The third kappa shape index (κ3) is 54.3. The lowest BCUT2D eigenvalue weighted by Crippen LogP contribution is -2.45. The van der Waals surface area contributed by atoms with Crippen molar-refractivity contribution in [2.45, 2.75) is 302 Å². The molecule has 3 N–H and O–H groups in total. The molecular weight excluding hydrogens is 876 g/mol. The molecule has 0 radical (unpaired) electrons. The van der Waals surface area contributed by atoms with Gasteiger partial charge < -0.3 is 19.8 Å². The van der Waals surface area contributed by atoms with Crippen molar-refractivity contribution >= 4 is 13.7 Å². The van der Waals surface area contributed by atoms with Crippen LogP contribution in [-0.2, 0) is 18.4 Å². The summed E-state index contributed by atoms with van der Waals surface area (Å²) in [7, 11) is 1.56. The van der Waals surface area contributed by atoms with Gasteiger partial charge in [0.15, 0.2) is 0 Å². The second-order valence-electron chi connectivity index (χ2n) is 21.7. The Bertz CT molecular complexity index is 1220. The molecule has 0 rings (SSSR count). The number of phosphoric acid groups is 1. The number of carbonyl (C=O) groups is 1. The molecule has 0 aromatic carbocycles. The normalized spacial score (nSPS) is 14.1. The quantitative estimate of drug-likeness (QED) is 0.0243. The number of nitrogens with zero attached hydrogens (tertiary/aromatic N) is 1. The predicted octanol–water partition coefficient (Wildman–Crippen LogP) is 18.2. The summed E-state index contributed by atoms with van der Waals surface area (Å²) in [5.74, 6) is -0.186. The molecule has 0 bridgehead atoms. The van der Waals surface area contributed by atoms with Crippen LogP contribution in [0.1, 0.15) is 290 Å². The first-order valence-electron chi connectivity index (χ1n) is 29.9. The highest BCUT2D eigenvalue weighted by Crippen LogP contribution is 2.43. The molecule has 69 heavy (non-hydrogen) atoms. The van der Waals surface area contributed by atoms with Crippen molar-refractivity contribution in [2.75, 3.05) is 40.9 Å². The summed E-state index contributed by atoms with van der Waals surface area (Å²) in [5, 5.41) is 13.9. The third-order valence-electron chi connectivity index (χ3n) is 13.6. The maximum atomic E-state index is 13.0. The summed E-state index contributed by atoms with van der Waals surface area (Å²) in [4.78, 5) is 23.3. The van der Waals surface area contributed by atoms with Crippen molar-refractivity contribution in [3.8, 4) is 0 Å². The molecule has 0 aromatic heterocycles. The molecule has 0 aliphatic rings. The summed E-state index contributed by atoms with van der Waals surface area (Å²) < 4.78 is 23.7. The van der Waals surface area contributed by atoms with E-state index < -0.39 is 20.0 Å². The average Bonchev–Trinajstić information content (AvgIpc) is 3.31. The van der Waals surface area contributed by atoms with E-state index in [0.29, 0.717) is 17.4 Å². The van der Waals surface area contributed by atoms with Gasteiger partial charge in [-0.1, -0.05) is 275 Å². The van der Waals surface area contributed by atoms with Crippen LogP contribution >= 0.6 is 7.82 Å². The van der Waals surface area contributed by atoms with Gasteiger partial charge in [-0.25, -0.2) is 4.57 Å². The molecule has 0 spiro atoms. The van der Waals surface area contributed by atoms with Crippen molar-refractivity contribution in [3.05, 3.63) is 36.5 Å². The Morgan fingerprint density at radius 2 is 0.797 bits per heavy atom. The molecule has 0 saturated heterocycles. The van der Waals surface area contributed by atoms with Crippen molar-refractivity contribution in [1.82, 2.24) is 5.32 Å². The largest absolute Gasteiger partial charge is 0.472 e. The first-order valence-corrected chi connectivity index (χ1v) is 31.4. The number of amides is 1. The average molecular weight is 995 g/mol. The Morgan fingerprint density at radius 1 is 0.478 bits per heavy atom. The highest BCUT2D eigenvalue weighted by molar-refractivity contribution is 7.47. The topological polar surface area (TPSA) is 105 Å².